The van der Waals surface area contributed by atoms with E-state index >= 15 is 0 Å². The summed E-state index contributed by atoms with van der Waals surface area (Å²) >= 11 is 0. The van der Waals surface area contributed by atoms with Crippen LogP contribution in [-0.4, -0.2) is 54.1 Å². The molecule has 2 unspecified atom stereocenters. The fourth-order valence-corrected chi connectivity index (χ4v) is 5.02. The van der Waals surface area contributed by atoms with E-state index in [1.54, 1.807) is 43.3 Å². The Morgan fingerprint density at radius 3 is 2.73 bits per heavy atom. The number of terminal acetylenes is 1. The molecule has 2 aliphatic rings. The molecule has 1 aromatic carbocycles. The SMILES string of the molecule is C#CC1=NO[C@H]([C@@H](CO)OCC(C)C2C=C(C)C=C[C@]2(OCc2ccccc2)S(=O)(=O)[O-])C1. The standard InChI is InChI=1S/C24H29NO7S/c1-4-20-13-22(32-25-20)23(14-26)30-15-18(3)21-12-17(2)10-11-24(21,33(27,28)29)31-16-19-8-6-5-7-9-19/h1,5-12,18,21-23,26H,13-16H2,2-3H3,(H,27,28,29)/p-1/t18?,21?,22-,23+,24-/m0/s1. The van der Waals surface area contributed by atoms with Gasteiger partial charge in [-0.05, 0) is 24.5 Å². The van der Waals surface area contributed by atoms with Crippen LogP contribution in [0, 0.1) is 24.2 Å². The molecule has 9 heteroatoms. The van der Waals surface area contributed by atoms with E-state index in [0.717, 1.165) is 11.1 Å². The Morgan fingerprint density at radius 1 is 1.39 bits per heavy atom. The number of aliphatic hydroxyl groups excluding tert-OH is 1. The van der Waals surface area contributed by atoms with E-state index in [1.165, 1.54) is 6.08 Å². The summed E-state index contributed by atoms with van der Waals surface area (Å²) in [5.41, 5.74) is 1.97. The molecule has 3 rings (SSSR count). The number of rotatable bonds is 10. The molecule has 1 aliphatic carbocycles. The number of hydrogen-bond acceptors (Lipinski definition) is 8. The highest BCUT2D eigenvalue weighted by Gasteiger charge is 2.47. The topological polar surface area (TPSA) is 117 Å². The van der Waals surface area contributed by atoms with Crippen LogP contribution in [-0.2, 0) is 31.0 Å². The fourth-order valence-electron chi connectivity index (χ4n) is 3.95. The number of nitrogens with zero attached hydrogens (tertiary/aromatic N) is 1. The van der Waals surface area contributed by atoms with Gasteiger partial charge in [-0.2, -0.15) is 0 Å². The van der Waals surface area contributed by atoms with Gasteiger partial charge in [-0.3, -0.25) is 0 Å². The van der Waals surface area contributed by atoms with Crippen molar-refractivity contribution in [2.75, 3.05) is 13.2 Å². The number of allylic oxidation sites excluding steroid dienone is 2. The van der Waals surface area contributed by atoms with Crippen LogP contribution in [0.25, 0.3) is 0 Å². The van der Waals surface area contributed by atoms with Gasteiger partial charge in [0.25, 0.3) is 0 Å². The molecule has 0 spiro atoms. The van der Waals surface area contributed by atoms with Crippen LogP contribution < -0.4 is 0 Å². The lowest BCUT2D eigenvalue weighted by atomic mass is 9.83. The lowest BCUT2D eigenvalue weighted by molar-refractivity contribution is -0.0974. The average molecular weight is 475 g/mol. The van der Waals surface area contributed by atoms with Crippen LogP contribution in [0.5, 0.6) is 0 Å². The normalized spacial score (nSPS) is 26.6. The quantitative estimate of drug-likeness (QED) is 0.409. The first kappa shape index (κ1) is 25.1. The third-order valence-corrected chi connectivity index (χ3v) is 7.13. The van der Waals surface area contributed by atoms with Crippen LogP contribution in [0.3, 0.4) is 0 Å². The van der Waals surface area contributed by atoms with Crippen LogP contribution in [0.2, 0.25) is 0 Å². The van der Waals surface area contributed by atoms with Crippen molar-refractivity contribution < 1.29 is 32.4 Å². The summed E-state index contributed by atoms with van der Waals surface area (Å²) in [5.74, 6) is 1.14. The maximum absolute atomic E-state index is 12.5. The number of oxime groups is 1. The van der Waals surface area contributed by atoms with Crippen molar-refractivity contribution in [2.24, 2.45) is 17.0 Å². The molecule has 33 heavy (non-hydrogen) atoms. The van der Waals surface area contributed by atoms with Gasteiger partial charge in [-0.25, -0.2) is 8.42 Å². The predicted octanol–water partition coefficient (Wildman–Crippen LogP) is 2.37. The van der Waals surface area contributed by atoms with E-state index < -0.39 is 39.1 Å². The molecule has 5 atom stereocenters. The molecule has 1 aliphatic heterocycles. The summed E-state index contributed by atoms with van der Waals surface area (Å²) < 4.78 is 49.3. The molecule has 0 fully saturated rings. The Labute approximate surface area is 194 Å². The average Bonchev–Trinajstić information content (AvgIpc) is 3.27. The van der Waals surface area contributed by atoms with E-state index in [-0.39, 0.29) is 19.8 Å². The maximum atomic E-state index is 12.5. The molecule has 0 amide bonds. The zero-order valence-electron chi connectivity index (χ0n) is 18.6. The molecule has 0 bridgehead atoms. The molecule has 1 N–H and O–H groups in total. The van der Waals surface area contributed by atoms with Gasteiger partial charge < -0.3 is 24.0 Å². The highest BCUT2D eigenvalue weighted by Crippen LogP contribution is 2.40. The second-order valence-corrected chi connectivity index (χ2v) is 9.83. The van der Waals surface area contributed by atoms with E-state index in [4.69, 9.17) is 20.7 Å². The van der Waals surface area contributed by atoms with Gasteiger partial charge in [0.1, 0.15) is 21.9 Å². The molecule has 0 saturated heterocycles. The number of benzene rings is 1. The van der Waals surface area contributed by atoms with Gasteiger partial charge >= 0.3 is 0 Å². The summed E-state index contributed by atoms with van der Waals surface area (Å²) in [7, 11) is -4.92. The summed E-state index contributed by atoms with van der Waals surface area (Å²) in [6.07, 6.45) is 9.03. The molecule has 8 nitrogen and oxygen atoms in total. The molecule has 0 radical (unpaired) electrons. The molecule has 0 aromatic heterocycles. The minimum Gasteiger partial charge on any atom is -0.745 e. The second-order valence-electron chi connectivity index (χ2n) is 8.28. The Balaban J connectivity index is 1.78. The first-order chi connectivity index (χ1) is 15.7. The Hall–Kier alpha value is -2.48. The van der Waals surface area contributed by atoms with Crippen molar-refractivity contribution in [2.45, 2.75) is 44.0 Å². The minimum atomic E-state index is -4.92. The zero-order valence-corrected chi connectivity index (χ0v) is 19.4. The lowest BCUT2D eigenvalue weighted by Crippen LogP contribution is -2.50. The van der Waals surface area contributed by atoms with E-state index in [1.807, 2.05) is 13.0 Å². The summed E-state index contributed by atoms with van der Waals surface area (Å²) in [6.45, 7) is 3.25. The largest absolute Gasteiger partial charge is 0.745 e. The van der Waals surface area contributed by atoms with Crippen LogP contribution in [0.1, 0.15) is 25.8 Å². The Morgan fingerprint density at radius 2 is 2.12 bits per heavy atom. The van der Waals surface area contributed by atoms with Crippen LogP contribution in [0.15, 0.2) is 59.3 Å². The Bertz CT molecular complexity index is 1060. The van der Waals surface area contributed by atoms with E-state index in [2.05, 4.69) is 11.1 Å². The van der Waals surface area contributed by atoms with E-state index in [9.17, 15) is 18.1 Å². The summed E-state index contributed by atoms with van der Waals surface area (Å²) in [5, 5.41) is 13.5. The van der Waals surface area contributed by atoms with Gasteiger partial charge in [0.05, 0.1) is 19.8 Å². The molecule has 0 saturated carbocycles. The highest BCUT2D eigenvalue weighted by atomic mass is 32.2. The molecular weight excluding hydrogens is 446 g/mol. The first-order valence-corrected chi connectivity index (χ1v) is 12.0. The monoisotopic (exact) mass is 474 g/mol. The first-order valence-electron chi connectivity index (χ1n) is 10.6. The fraction of sp³-hybridized carbons (Fsp3) is 0.458. The van der Waals surface area contributed by atoms with Gasteiger partial charge in [0.2, 0.25) is 0 Å². The van der Waals surface area contributed by atoms with Crippen molar-refractivity contribution >= 4 is 15.8 Å². The van der Waals surface area contributed by atoms with Gasteiger partial charge in [0.15, 0.2) is 11.0 Å². The van der Waals surface area contributed by atoms with Crippen molar-refractivity contribution in [3.05, 3.63) is 59.7 Å². The Kier molecular flexibility index (Phi) is 8.10. The second kappa shape index (κ2) is 10.6. The number of hydrogen-bond donors (Lipinski definition) is 1. The van der Waals surface area contributed by atoms with Crippen molar-refractivity contribution in [3.63, 3.8) is 0 Å². The molecule has 1 heterocycles. The number of aliphatic hydroxyl groups is 1. The molecule has 178 valence electrons. The summed E-state index contributed by atoms with van der Waals surface area (Å²) in [6, 6.07) is 9.03. The third kappa shape index (κ3) is 5.72. The van der Waals surface area contributed by atoms with Crippen LogP contribution >= 0.6 is 0 Å². The van der Waals surface area contributed by atoms with Gasteiger partial charge in [-0.1, -0.05) is 66.1 Å². The van der Waals surface area contributed by atoms with E-state index in [0.29, 0.717) is 12.1 Å². The van der Waals surface area contributed by atoms with Crippen molar-refractivity contribution in [1.29, 1.82) is 0 Å². The lowest BCUT2D eigenvalue weighted by Gasteiger charge is -2.43. The van der Waals surface area contributed by atoms with Crippen LogP contribution in [0.4, 0.5) is 0 Å². The van der Waals surface area contributed by atoms with Gasteiger partial charge in [0, 0.05) is 12.3 Å². The molecular formula is C24H28NO7S-. The predicted molar refractivity (Wildman–Crippen MR) is 122 cm³/mol. The van der Waals surface area contributed by atoms with Crippen molar-refractivity contribution in [1.82, 2.24) is 0 Å². The minimum absolute atomic E-state index is 0.0464. The molecule has 1 aromatic rings. The van der Waals surface area contributed by atoms with Gasteiger partial charge in [-0.15, -0.1) is 6.42 Å². The highest BCUT2D eigenvalue weighted by molar-refractivity contribution is 7.87. The summed E-state index contributed by atoms with van der Waals surface area (Å²) in [4.78, 5) is 3.16. The van der Waals surface area contributed by atoms with Crippen molar-refractivity contribution in [3.8, 4) is 12.3 Å². The maximum Gasteiger partial charge on any atom is 0.182 e. The zero-order chi connectivity index (χ0) is 24.1. The third-order valence-electron chi connectivity index (χ3n) is 5.82. The smallest absolute Gasteiger partial charge is 0.182 e. The number of ether oxygens (including phenoxy) is 2.